The first-order valence-electron chi connectivity index (χ1n) is 5.23. The van der Waals surface area contributed by atoms with Gasteiger partial charge in [-0.05, 0) is 53.3 Å². The van der Waals surface area contributed by atoms with Gasteiger partial charge in [0.05, 0.1) is 0 Å². The van der Waals surface area contributed by atoms with E-state index in [4.69, 9.17) is 5.11 Å². The monoisotopic (exact) mass is 347 g/mol. The molecule has 0 heterocycles. The normalized spacial score (nSPS) is 10.0. The Balaban J connectivity index is 2.51. The standard InChI is InChI=1S/C12H14INO3/c1-14(8-2-3-11(15)16)12(17)9-4-6-10(13)7-5-9/h4-7H,2-3,8H2,1H3,(H,15,16). The first kappa shape index (κ1) is 14.0. The molecule has 1 aromatic rings. The van der Waals surface area contributed by atoms with E-state index in [9.17, 15) is 9.59 Å². The van der Waals surface area contributed by atoms with Crippen LogP contribution in [0.3, 0.4) is 0 Å². The van der Waals surface area contributed by atoms with Crippen LogP contribution in [0.25, 0.3) is 0 Å². The molecule has 0 saturated heterocycles. The number of hydrogen-bond acceptors (Lipinski definition) is 2. The fraction of sp³-hybridized carbons (Fsp3) is 0.333. The highest BCUT2D eigenvalue weighted by atomic mass is 127. The Morgan fingerprint density at radius 2 is 1.88 bits per heavy atom. The molecule has 0 aliphatic heterocycles. The summed E-state index contributed by atoms with van der Waals surface area (Å²) in [4.78, 5) is 23.8. The van der Waals surface area contributed by atoms with Gasteiger partial charge in [0.15, 0.2) is 0 Å². The Morgan fingerprint density at radius 3 is 2.41 bits per heavy atom. The fourth-order valence-electron chi connectivity index (χ4n) is 1.38. The second-order valence-corrected chi connectivity index (χ2v) is 4.98. The van der Waals surface area contributed by atoms with Gasteiger partial charge >= 0.3 is 5.97 Å². The molecule has 17 heavy (non-hydrogen) atoms. The van der Waals surface area contributed by atoms with Crippen molar-refractivity contribution in [2.75, 3.05) is 13.6 Å². The summed E-state index contributed by atoms with van der Waals surface area (Å²) in [5.74, 6) is -0.910. The Bertz CT molecular complexity index is 403. The lowest BCUT2D eigenvalue weighted by Crippen LogP contribution is -2.28. The van der Waals surface area contributed by atoms with Crippen LogP contribution in [0.1, 0.15) is 23.2 Å². The van der Waals surface area contributed by atoms with E-state index in [1.54, 1.807) is 24.1 Å². The van der Waals surface area contributed by atoms with Crippen LogP contribution in [0.4, 0.5) is 0 Å². The molecule has 0 aromatic heterocycles. The number of carboxylic acid groups (broad SMARTS) is 1. The van der Waals surface area contributed by atoms with Crippen molar-refractivity contribution in [3.05, 3.63) is 33.4 Å². The van der Waals surface area contributed by atoms with Crippen LogP contribution >= 0.6 is 22.6 Å². The zero-order valence-electron chi connectivity index (χ0n) is 9.52. The molecular formula is C12H14INO3. The van der Waals surface area contributed by atoms with Gasteiger partial charge in [0.25, 0.3) is 5.91 Å². The molecule has 0 atom stereocenters. The highest BCUT2D eigenvalue weighted by Crippen LogP contribution is 2.09. The van der Waals surface area contributed by atoms with Crippen molar-refractivity contribution in [3.8, 4) is 0 Å². The van der Waals surface area contributed by atoms with E-state index >= 15 is 0 Å². The lowest BCUT2D eigenvalue weighted by molar-refractivity contribution is -0.137. The van der Waals surface area contributed by atoms with Gasteiger partial charge in [-0.3, -0.25) is 9.59 Å². The lowest BCUT2D eigenvalue weighted by Gasteiger charge is -2.16. The van der Waals surface area contributed by atoms with Gasteiger partial charge in [-0.2, -0.15) is 0 Å². The molecule has 0 aliphatic carbocycles. The molecule has 0 bridgehead atoms. The smallest absolute Gasteiger partial charge is 0.303 e. The molecule has 0 saturated carbocycles. The van der Waals surface area contributed by atoms with Crippen LogP contribution in [0.15, 0.2) is 24.3 Å². The maximum absolute atomic E-state index is 11.9. The van der Waals surface area contributed by atoms with Crippen molar-refractivity contribution in [2.24, 2.45) is 0 Å². The zero-order valence-corrected chi connectivity index (χ0v) is 11.7. The average Bonchev–Trinajstić information content (AvgIpc) is 2.28. The van der Waals surface area contributed by atoms with E-state index in [1.165, 1.54) is 0 Å². The van der Waals surface area contributed by atoms with Crippen LogP contribution in [0, 0.1) is 3.57 Å². The molecule has 1 rings (SSSR count). The lowest BCUT2D eigenvalue weighted by atomic mass is 10.2. The summed E-state index contributed by atoms with van der Waals surface area (Å²) < 4.78 is 1.08. The molecule has 0 aliphatic rings. The molecule has 0 spiro atoms. The second-order valence-electron chi connectivity index (χ2n) is 3.73. The predicted octanol–water partition coefficient (Wildman–Crippen LogP) is 2.23. The third-order valence-electron chi connectivity index (χ3n) is 2.32. The highest BCUT2D eigenvalue weighted by molar-refractivity contribution is 14.1. The summed E-state index contributed by atoms with van der Waals surface area (Å²) in [6.07, 6.45) is 0.562. The van der Waals surface area contributed by atoms with Crippen LogP contribution < -0.4 is 0 Å². The van der Waals surface area contributed by atoms with E-state index in [1.807, 2.05) is 12.1 Å². The summed E-state index contributed by atoms with van der Waals surface area (Å²) in [6, 6.07) is 7.30. The minimum Gasteiger partial charge on any atom is -0.481 e. The Morgan fingerprint density at radius 1 is 1.29 bits per heavy atom. The number of amides is 1. The van der Waals surface area contributed by atoms with E-state index in [0.717, 1.165) is 3.57 Å². The molecule has 4 nitrogen and oxygen atoms in total. The van der Waals surface area contributed by atoms with Gasteiger partial charge < -0.3 is 10.0 Å². The van der Waals surface area contributed by atoms with Crippen LogP contribution in [0.2, 0.25) is 0 Å². The van der Waals surface area contributed by atoms with E-state index < -0.39 is 5.97 Å². The Kier molecular flexibility index (Phi) is 5.40. The van der Waals surface area contributed by atoms with Gasteiger partial charge in [-0.15, -0.1) is 0 Å². The summed E-state index contributed by atoms with van der Waals surface area (Å²) in [5.41, 5.74) is 0.628. The van der Waals surface area contributed by atoms with E-state index in [2.05, 4.69) is 22.6 Å². The quantitative estimate of drug-likeness (QED) is 0.831. The number of rotatable bonds is 5. The molecule has 1 N–H and O–H groups in total. The van der Waals surface area contributed by atoms with Gasteiger partial charge in [-0.25, -0.2) is 0 Å². The Labute approximate surface area is 114 Å². The van der Waals surface area contributed by atoms with Crippen molar-refractivity contribution in [1.29, 1.82) is 0 Å². The second kappa shape index (κ2) is 6.58. The largest absolute Gasteiger partial charge is 0.481 e. The number of halogens is 1. The minimum atomic E-state index is -0.833. The molecule has 5 heteroatoms. The molecule has 1 amide bonds. The maximum atomic E-state index is 11.9. The SMILES string of the molecule is CN(CCCC(=O)O)C(=O)c1ccc(I)cc1. The number of nitrogens with zero attached hydrogens (tertiary/aromatic N) is 1. The fourth-order valence-corrected chi connectivity index (χ4v) is 1.74. The molecule has 92 valence electrons. The third kappa shape index (κ3) is 4.72. The van der Waals surface area contributed by atoms with Crippen molar-refractivity contribution in [3.63, 3.8) is 0 Å². The number of aliphatic carboxylic acids is 1. The number of benzene rings is 1. The minimum absolute atomic E-state index is 0.0770. The van der Waals surface area contributed by atoms with Crippen molar-refractivity contribution >= 4 is 34.5 Å². The molecular weight excluding hydrogens is 333 g/mol. The number of carbonyl (C=O) groups is 2. The molecule has 0 radical (unpaired) electrons. The average molecular weight is 347 g/mol. The number of carbonyl (C=O) groups excluding carboxylic acids is 1. The van der Waals surface area contributed by atoms with Crippen molar-refractivity contribution in [2.45, 2.75) is 12.8 Å². The summed E-state index contributed by atoms with van der Waals surface area (Å²) >= 11 is 2.18. The summed E-state index contributed by atoms with van der Waals surface area (Å²) in [7, 11) is 1.68. The van der Waals surface area contributed by atoms with E-state index in [-0.39, 0.29) is 12.3 Å². The summed E-state index contributed by atoms with van der Waals surface area (Å²) in [6.45, 7) is 0.455. The van der Waals surface area contributed by atoms with Gasteiger partial charge in [-0.1, -0.05) is 0 Å². The van der Waals surface area contributed by atoms with Crippen LogP contribution in [-0.2, 0) is 4.79 Å². The first-order chi connectivity index (χ1) is 8.00. The summed E-state index contributed by atoms with van der Waals surface area (Å²) in [5, 5.41) is 8.51. The van der Waals surface area contributed by atoms with Crippen molar-refractivity contribution < 1.29 is 14.7 Å². The van der Waals surface area contributed by atoms with Crippen molar-refractivity contribution in [1.82, 2.24) is 4.90 Å². The predicted molar refractivity (Wildman–Crippen MR) is 73.0 cm³/mol. The van der Waals surface area contributed by atoms with Crippen LogP contribution in [-0.4, -0.2) is 35.5 Å². The Hall–Kier alpha value is -1.11. The number of carboxylic acids is 1. The van der Waals surface area contributed by atoms with Crippen LogP contribution in [0.5, 0.6) is 0 Å². The van der Waals surface area contributed by atoms with E-state index in [0.29, 0.717) is 18.5 Å². The zero-order chi connectivity index (χ0) is 12.8. The molecule has 0 fully saturated rings. The molecule has 0 unspecified atom stereocenters. The van der Waals surface area contributed by atoms with Gasteiger partial charge in [0.2, 0.25) is 0 Å². The molecule has 1 aromatic carbocycles. The number of hydrogen-bond donors (Lipinski definition) is 1. The maximum Gasteiger partial charge on any atom is 0.303 e. The van der Waals surface area contributed by atoms with Gasteiger partial charge in [0, 0.05) is 29.1 Å². The van der Waals surface area contributed by atoms with Gasteiger partial charge in [0.1, 0.15) is 0 Å². The highest BCUT2D eigenvalue weighted by Gasteiger charge is 2.11. The topological polar surface area (TPSA) is 57.6 Å². The first-order valence-corrected chi connectivity index (χ1v) is 6.31. The third-order valence-corrected chi connectivity index (χ3v) is 3.04.